The molecule has 1 aromatic rings. The Kier molecular flexibility index (Phi) is 5.66. The molecule has 0 radical (unpaired) electrons. The van der Waals surface area contributed by atoms with E-state index in [0.717, 1.165) is 12.0 Å². The van der Waals surface area contributed by atoms with Gasteiger partial charge in [-0.05, 0) is 37.0 Å². The lowest BCUT2D eigenvalue weighted by Gasteiger charge is -2.14. The highest BCUT2D eigenvalue weighted by Crippen LogP contribution is 2.21. The molecule has 0 bridgehead atoms. The molecule has 1 unspecified atom stereocenters. The van der Waals surface area contributed by atoms with Gasteiger partial charge in [0, 0.05) is 19.1 Å². The molecule has 0 aliphatic heterocycles. The Hall–Kier alpha value is -0.600. The van der Waals surface area contributed by atoms with Crippen molar-refractivity contribution in [1.29, 1.82) is 0 Å². The van der Waals surface area contributed by atoms with E-state index in [9.17, 15) is 4.39 Å². The molecular formula is C12H16ClFO. The minimum atomic E-state index is -0.209. The average Bonchev–Trinajstić information content (AvgIpc) is 2.24. The smallest absolute Gasteiger partial charge is 0.123 e. The van der Waals surface area contributed by atoms with E-state index in [1.807, 2.05) is 13.0 Å². The van der Waals surface area contributed by atoms with Crippen LogP contribution >= 0.6 is 11.6 Å². The SMILES string of the molecule is CCOCCC(CCl)c1cccc(F)c1. The van der Waals surface area contributed by atoms with Crippen molar-refractivity contribution in [3.63, 3.8) is 0 Å². The zero-order valence-electron chi connectivity index (χ0n) is 8.88. The summed E-state index contributed by atoms with van der Waals surface area (Å²) in [5.41, 5.74) is 0.949. The summed E-state index contributed by atoms with van der Waals surface area (Å²) in [4.78, 5) is 0. The molecular weight excluding hydrogens is 215 g/mol. The average molecular weight is 231 g/mol. The minimum absolute atomic E-state index is 0.175. The van der Waals surface area contributed by atoms with E-state index in [-0.39, 0.29) is 11.7 Å². The van der Waals surface area contributed by atoms with Gasteiger partial charge in [-0.3, -0.25) is 0 Å². The standard InChI is InChI=1S/C12H16ClFO/c1-2-15-7-6-11(9-13)10-4-3-5-12(14)8-10/h3-5,8,11H,2,6-7,9H2,1H3. The van der Waals surface area contributed by atoms with Gasteiger partial charge in [0.2, 0.25) is 0 Å². The van der Waals surface area contributed by atoms with Crippen LogP contribution < -0.4 is 0 Å². The summed E-state index contributed by atoms with van der Waals surface area (Å²) in [5, 5.41) is 0. The topological polar surface area (TPSA) is 9.23 Å². The van der Waals surface area contributed by atoms with Crippen molar-refractivity contribution in [3.8, 4) is 0 Å². The molecule has 1 rings (SSSR count). The molecule has 0 aliphatic carbocycles. The van der Waals surface area contributed by atoms with E-state index >= 15 is 0 Å². The lowest BCUT2D eigenvalue weighted by atomic mass is 9.98. The predicted molar refractivity (Wildman–Crippen MR) is 61.0 cm³/mol. The summed E-state index contributed by atoms with van der Waals surface area (Å²) < 4.78 is 18.2. The predicted octanol–water partition coefficient (Wildman–Crippen LogP) is 3.57. The molecule has 0 aliphatic rings. The minimum Gasteiger partial charge on any atom is -0.382 e. The van der Waals surface area contributed by atoms with E-state index in [1.165, 1.54) is 6.07 Å². The van der Waals surface area contributed by atoms with Crippen molar-refractivity contribution in [2.24, 2.45) is 0 Å². The first-order valence-corrected chi connectivity index (χ1v) is 5.70. The molecule has 0 saturated carbocycles. The molecule has 0 spiro atoms. The molecule has 15 heavy (non-hydrogen) atoms. The van der Waals surface area contributed by atoms with Crippen LogP contribution in [0.5, 0.6) is 0 Å². The lowest BCUT2D eigenvalue weighted by Crippen LogP contribution is -2.05. The van der Waals surface area contributed by atoms with Crippen LogP contribution in [-0.2, 0) is 4.74 Å². The zero-order chi connectivity index (χ0) is 11.1. The second kappa shape index (κ2) is 6.81. The first-order chi connectivity index (χ1) is 7.27. The number of halogens is 2. The summed E-state index contributed by atoms with van der Waals surface area (Å²) in [6, 6.07) is 6.60. The third-order valence-corrected chi connectivity index (χ3v) is 2.69. The van der Waals surface area contributed by atoms with E-state index in [2.05, 4.69) is 0 Å². The maximum atomic E-state index is 13.0. The number of alkyl halides is 1. The summed E-state index contributed by atoms with van der Waals surface area (Å²) >= 11 is 5.86. The molecule has 1 nitrogen and oxygen atoms in total. The summed E-state index contributed by atoms with van der Waals surface area (Å²) in [7, 11) is 0. The van der Waals surface area contributed by atoms with Crippen LogP contribution in [0, 0.1) is 5.82 Å². The van der Waals surface area contributed by atoms with Crippen molar-refractivity contribution in [2.75, 3.05) is 19.1 Å². The van der Waals surface area contributed by atoms with Gasteiger partial charge < -0.3 is 4.74 Å². The largest absolute Gasteiger partial charge is 0.382 e. The molecule has 3 heteroatoms. The van der Waals surface area contributed by atoms with Gasteiger partial charge in [-0.1, -0.05) is 12.1 Å². The Morgan fingerprint density at radius 1 is 1.47 bits per heavy atom. The van der Waals surface area contributed by atoms with E-state index in [0.29, 0.717) is 19.1 Å². The highest BCUT2D eigenvalue weighted by atomic mass is 35.5. The van der Waals surface area contributed by atoms with Crippen LogP contribution in [0.3, 0.4) is 0 Å². The molecule has 0 heterocycles. The molecule has 1 atom stereocenters. The molecule has 0 saturated heterocycles. The third-order valence-electron chi connectivity index (χ3n) is 2.32. The molecule has 1 aromatic carbocycles. The first kappa shape index (κ1) is 12.5. The first-order valence-electron chi connectivity index (χ1n) is 5.17. The van der Waals surface area contributed by atoms with Crippen LogP contribution in [0.4, 0.5) is 4.39 Å². The van der Waals surface area contributed by atoms with Gasteiger partial charge in [-0.15, -0.1) is 11.6 Å². The fraction of sp³-hybridized carbons (Fsp3) is 0.500. The Bertz CT molecular complexity index is 291. The number of benzene rings is 1. The second-order valence-electron chi connectivity index (χ2n) is 3.39. The van der Waals surface area contributed by atoms with E-state index in [1.54, 1.807) is 12.1 Å². The molecule has 84 valence electrons. The zero-order valence-corrected chi connectivity index (χ0v) is 9.64. The Morgan fingerprint density at radius 2 is 2.27 bits per heavy atom. The van der Waals surface area contributed by atoms with Gasteiger partial charge in [0.05, 0.1) is 0 Å². The van der Waals surface area contributed by atoms with E-state index < -0.39 is 0 Å². The lowest BCUT2D eigenvalue weighted by molar-refractivity contribution is 0.141. The molecule has 0 N–H and O–H groups in total. The summed E-state index contributed by atoms with van der Waals surface area (Å²) in [6.07, 6.45) is 0.834. The van der Waals surface area contributed by atoms with Crippen molar-refractivity contribution in [1.82, 2.24) is 0 Å². The van der Waals surface area contributed by atoms with Crippen molar-refractivity contribution in [2.45, 2.75) is 19.3 Å². The number of rotatable bonds is 6. The van der Waals surface area contributed by atoms with Crippen LogP contribution in [-0.4, -0.2) is 19.1 Å². The molecule has 0 amide bonds. The fourth-order valence-electron chi connectivity index (χ4n) is 1.46. The highest BCUT2D eigenvalue weighted by Gasteiger charge is 2.10. The van der Waals surface area contributed by atoms with Gasteiger partial charge in [0.1, 0.15) is 5.82 Å². The summed E-state index contributed by atoms with van der Waals surface area (Å²) in [5.74, 6) is 0.462. The van der Waals surface area contributed by atoms with Crippen molar-refractivity contribution < 1.29 is 9.13 Å². The van der Waals surface area contributed by atoms with Crippen LogP contribution in [0.15, 0.2) is 24.3 Å². The maximum Gasteiger partial charge on any atom is 0.123 e. The quantitative estimate of drug-likeness (QED) is 0.536. The normalized spacial score (nSPS) is 12.7. The van der Waals surface area contributed by atoms with Gasteiger partial charge in [0.25, 0.3) is 0 Å². The Labute approximate surface area is 95.2 Å². The monoisotopic (exact) mass is 230 g/mol. The van der Waals surface area contributed by atoms with Crippen LogP contribution in [0.2, 0.25) is 0 Å². The second-order valence-corrected chi connectivity index (χ2v) is 3.70. The Morgan fingerprint density at radius 3 is 2.87 bits per heavy atom. The molecule has 0 fully saturated rings. The van der Waals surface area contributed by atoms with Crippen LogP contribution in [0.25, 0.3) is 0 Å². The van der Waals surface area contributed by atoms with Crippen LogP contribution in [0.1, 0.15) is 24.8 Å². The van der Waals surface area contributed by atoms with Crippen molar-refractivity contribution in [3.05, 3.63) is 35.6 Å². The third kappa shape index (κ3) is 4.18. The highest BCUT2D eigenvalue weighted by molar-refractivity contribution is 6.18. The Balaban J connectivity index is 2.57. The summed E-state index contributed by atoms with van der Waals surface area (Å²) in [6.45, 7) is 3.33. The number of hydrogen-bond acceptors (Lipinski definition) is 1. The van der Waals surface area contributed by atoms with Gasteiger partial charge in [-0.25, -0.2) is 4.39 Å². The van der Waals surface area contributed by atoms with Gasteiger partial charge >= 0.3 is 0 Å². The fourth-order valence-corrected chi connectivity index (χ4v) is 1.80. The van der Waals surface area contributed by atoms with Crippen molar-refractivity contribution >= 4 is 11.6 Å². The number of ether oxygens (including phenoxy) is 1. The van der Waals surface area contributed by atoms with Gasteiger partial charge in [-0.2, -0.15) is 0 Å². The number of hydrogen-bond donors (Lipinski definition) is 0. The maximum absolute atomic E-state index is 13.0. The van der Waals surface area contributed by atoms with E-state index in [4.69, 9.17) is 16.3 Å². The van der Waals surface area contributed by atoms with Gasteiger partial charge in [0.15, 0.2) is 0 Å². The molecule has 0 aromatic heterocycles.